The van der Waals surface area contributed by atoms with E-state index in [9.17, 15) is 26.8 Å². The monoisotopic (exact) mass is 491 g/mol. The Labute approximate surface area is 190 Å². The molecule has 0 radical (unpaired) electrons. The SMILES string of the molecule is COCC1(OS(C)(=O)=O)CCN(c2c(F)cc(N3C[C@H](CNC(C)=O)OC3=O)cc2F)CC1. The highest BCUT2D eigenvalue weighted by atomic mass is 32.2. The Morgan fingerprint density at radius 3 is 2.39 bits per heavy atom. The summed E-state index contributed by atoms with van der Waals surface area (Å²) in [5.41, 5.74) is -1.38. The van der Waals surface area contributed by atoms with Gasteiger partial charge in [-0.1, -0.05) is 0 Å². The number of nitrogens with zero attached hydrogens (tertiary/aromatic N) is 2. The lowest BCUT2D eigenvalue weighted by atomic mass is 9.92. The number of hydrogen-bond acceptors (Lipinski definition) is 8. The number of methoxy groups -OCH3 is 1. The van der Waals surface area contributed by atoms with Crippen LogP contribution in [-0.2, 0) is 28.6 Å². The van der Waals surface area contributed by atoms with Gasteiger partial charge in [-0.25, -0.2) is 13.6 Å². The third-order valence-corrected chi connectivity index (χ3v) is 6.15. The first-order valence-electron chi connectivity index (χ1n) is 10.3. The molecule has 33 heavy (non-hydrogen) atoms. The summed E-state index contributed by atoms with van der Waals surface area (Å²) in [6, 6.07) is 2.09. The fraction of sp³-hybridized carbons (Fsp3) is 0.600. The molecule has 3 rings (SSSR count). The minimum Gasteiger partial charge on any atom is -0.442 e. The van der Waals surface area contributed by atoms with Gasteiger partial charge in [0.25, 0.3) is 10.1 Å². The Morgan fingerprint density at radius 1 is 1.27 bits per heavy atom. The number of carbonyl (C=O) groups is 2. The van der Waals surface area contributed by atoms with E-state index in [-0.39, 0.29) is 62.9 Å². The lowest BCUT2D eigenvalue weighted by Gasteiger charge is -2.41. The predicted molar refractivity (Wildman–Crippen MR) is 115 cm³/mol. The van der Waals surface area contributed by atoms with Crippen molar-refractivity contribution in [2.75, 3.05) is 56.0 Å². The second-order valence-electron chi connectivity index (χ2n) is 8.20. The van der Waals surface area contributed by atoms with Crippen molar-refractivity contribution in [3.8, 4) is 0 Å². The number of piperidine rings is 1. The van der Waals surface area contributed by atoms with Crippen LogP contribution in [0, 0.1) is 11.6 Å². The molecule has 1 aromatic carbocycles. The first-order chi connectivity index (χ1) is 15.4. The molecule has 0 saturated carbocycles. The summed E-state index contributed by atoms with van der Waals surface area (Å²) in [4.78, 5) is 25.8. The van der Waals surface area contributed by atoms with E-state index in [2.05, 4.69) is 5.32 Å². The van der Waals surface area contributed by atoms with Crippen molar-refractivity contribution in [1.82, 2.24) is 5.32 Å². The number of ether oxygens (including phenoxy) is 2. The highest BCUT2D eigenvalue weighted by Gasteiger charge is 2.40. The maximum absolute atomic E-state index is 15.0. The summed E-state index contributed by atoms with van der Waals surface area (Å²) in [5.74, 6) is -2.03. The Bertz CT molecular complexity index is 990. The first-order valence-corrected chi connectivity index (χ1v) is 12.1. The average Bonchev–Trinajstić information content (AvgIpc) is 3.07. The lowest BCUT2D eigenvalue weighted by molar-refractivity contribution is -0.119. The van der Waals surface area contributed by atoms with Crippen LogP contribution in [0.25, 0.3) is 0 Å². The third-order valence-electron chi connectivity index (χ3n) is 5.49. The molecule has 0 aromatic heterocycles. The smallest absolute Gasteiger partial charge is 0.414 e. The summed E-state index contributed by atoms with van der Waals surface area (Å²) in [6.45, 7) is 1.74. The fourth-order valence-electron chi connectivity index (χ4n) is 4.08. The minimum absolute atomic E-state index is 0.00442. The van der Waals surface area contributed by atoms with Crippen LogP contribution in [0.4, 0.5) is 25.0 Å². The first kappa shape index (κ1) is 25.1. The summed E-state index contributed by atoms with van der Waals surface area (Å²) in [5, 5.41) is 2.53. The summed E-state index contributed by atoms with van der Waals surface area (Å²) < 4.78 is 68.7. The standard InChI is InChI=1S/C20H27F2N3O7S/c1-13(26)23-10-15-11-25(19(27)31-15)14-8-16(21)18(17(22)9-14)24-6-4-20(5-7-24,12-30-2)32-33(3,28)29/h8-9,15H,4-7,10-12H2,1-3H3,(H,23,26)/t15-/m0/s1. The molecule has 1 atom stereocenters. The van der Waals surface area contributed by atoms with Gasteiger partial charge in [-0.2, -0.15) is 8.42 Å². The van der Waals surface area contributed by atoms with Crippen LogP contribution in [0.1, 0.15) is 19.8 Å². The van der Waals surface area contributed by atoms with Crippen LogP contribution in [0.15, 0.2) is 12.1 Å². The molecule has 2 fully saturated rings. The average molecular weight is 492 g/mol. The Hall–Kier alpha value is -2.51. The second kappa shape index (κ2) is 9.77. The molecule has 1 N–H and O–H groups in total. The zero-order valence-electron chi connectivity index (χ0n) is 18.6. The van der Waals surface area contributed by atoms with Crippen molar-refractivity contribution < 1.29 is 40.4 Å². The molecule has 184 valence electrons. The summed E-state index contributed by atoms with van der Waals surface area (Å²) in [7, 11) is -2.34. The number of carbonyl (C=O) groups excluding carboxylic acids is 2. The Balaban J connectivity index is 1.74. The molecule has 10 nitrogen and oxygen atoms in total. The van der Waals surface area contributed by atoms with E-state index < -0.39 is 39.6 Å². The molecular formula is C20H27F2N3O7S. The number of hydrogen-bond donors (Lipinski definition) is 1. The Kier molecular flexibility index (Phi) is 7.44. The van der Waals surface area contributed by atoms with Crippen molar-refractivity contribution in [3.63, 3.8) is 0 Å². The molecule has 13 heteroatoms. The highest BCUT2D eigenvalue weighted by Crippen LogP contribution is 2.35. The van der Waals surface area contributed by atoms with Crippen molar-refractivity contribution in [2.24, 2.45) is 0 Å². The van der Waals surface area contributed by atoms with Crippen LogP contribution in [0.3, 0.4) is 0 Å². The number of rotatable bonds is 8. The quantitative estimate of drug-likeness (QED) is 0.543. The molecule has 2 aliphatic rings. The number of benzene rings is 1. The van der Waals surface area contributed by atoms with Crippen LogP contribution in [0.5, 0.6) is 0 Å². The molecule has 0 aliphatic carbocycles. The molecule has 1 aromatic rings. The zero-order chi connectivity index (χ0) is 24.4. The van der Waals surface area contributed by atoms with Crippen LogP contribution in [-0.4, -0.2) is 78.3 Å². The van der Waals surface area contributed by atoms with Gasteiger partial charge in [0.05, 0.1) is 31.6 Å². The van der Waals surface area contributed by atoms with Gasteiger partial charge in [-0.3, -0.25) is 13.9 Å². The van der Waals surface area contributed by atoms with Crippen LogP contribution < -0.4 is 15.1 Å². The molecule has 2 heterocycles. The second-order valence-corrected chi connectivity index (χ2v) is 9.78. The lowest BCUT2D eigenvalue weighted by Crippen LogP contribution is -2.50. The molecule has 0 unspecified atom stereocenters. The normalized spacial score (nSPS) is 20.6. The van der Waals surface area contributed by atoms with E-state index in [1.54, 1.807) is 0 Å². The van der Waals surface area contributed by atoms with Gasteiger partial charge in [-0.15, -0.1) is 0 Å². The van der Waals surface area contributed by atoms with Gasteiger partial charge < -0.3 is 19.7 Å². The molecular weight excluding hydrogens is 464 g/mol. The van der Waals surface area contributed by atoms with Crippen molar-refractivity contribution in [3.05, 3.63) is 23.8 Å². The third kappa shape index (κ3) is 6.09. The maximum atomic E-state index is 15.0. The van der Waals surface area contributed by atoms with Crippen LogP contribution >= 0.6 is 0 Å². The minimum atomic E-state index is -3.76. The van der Waals surface area contributed by atoms with Gasteiger partial charge >= 0.3 is 6.09 Å². The van der Waals surface area contributed by atoms with Gasteiger partial charge in [-0.05, 0) is 12.8 Å². The van der Waals surface area contributed by atoms with E-state index in [1.165, 1.54) is 18.9 Å². The van der Waals surface area contributed by atoms with Gasteiger partial charge in [0.2, 0.25) is 5.91 Å². The van der Waals surface area contributed by atoms with Gasteiger partial charge in [0, 0.05) is 39.3 Å². The van der Waals surface area contributed by atoms with E-state index in [1.807, 2.05) is 0 Å². The van der Waals surface area contributed by atoms with Crippen molar-refractivity contribution in [2.45, 2.75) is 31.5 Å². The number of anilines is 2. The fourth-order valence-corrected chi connectivity index (χ4v) is 4.94. The molecule has 0 bridgehead atoms. The Morgan fingerprint density at radius 2 is 1.88 bits per heavy atom. The summed E-state index contributed by atoms with van der Waals surface area (Å²) >= 11 is 0. The number of cyclic esters (lactones) is 1. The topological polar surface area (TPSA) is 114 Å². The largest absolute Gasteiger partial charge is 0.442 e. The van der Waals surface area contributed by atoms with E-state index in [4.69, 9.17) is 13.7 Å². The van der Waals surface area contributed by atoms with Gasteiger partial charge in [0.15, 0.2) is 11.6 Å². The number of halogens is 2. The van der Waals surface area contributed by atoms with Crippen LogP contribution in [0.2, 0.25) is 0 Å². The maximum Gasteiger partial charge on any atom is 0.414 e. The van der Waals surface area contributed by atoms with Crippen molar-refractivity contribution >= 4 is 33.5 Å². The van der Waals surface area contributed by atoms with E-state index in [0.717, 1.165) is 23.3 Å². The molecule has 0 spiro atoms. The highest BCUT2D eigenvalue weighted by molar-refractivity contribution is 7.86. The molecule has 2 amide bonds. The number of nitrogens with one attached hydrogen (secondary N) is 1. The molecule has 2 aliphatic heterocycles. The van der Waals surface area contributed by atoms with Crippen molar-refractivity contribution in [1.29, 1.82) is 0 Å². The van der Waals surface area contributed by atoms with E-state index >= 15 is 0 Å². The van der Waals surface area contributed by atoms with E-state index in [0.29, 0.717) is 0 Å². The predicted octanol–water partition coefficient (Wildman–Crippen LogP) is 1.39. The zero-order valence-corrected chi connectivity index (χ0v) is 19.4. The van der Waals surface area contributed by atoms with Gasteiger partial charge in [0.1, 0.15) is 17.4 Å². The summed E-state index contributed by atoms with van der Waals surface area (Å²) in [6.07, 6.45) is -0.107. The molecule has 2 saturated heterocycles. The number of amides is 2.